The van der Waals surface area contributed by atoms with E-state index in [0.717, 1.165) is 41.0 Å². The number of carbonyl (C=O) groups is 1. The van der Waals surface area contributed by atoms with Crippen LogP contribution in [0.2, 0.25) is 0 Å². The first-order valence-corrected chi connectivity index (χ1v) is 9.32. The Bertz CT molecular complexity index is 1060. The standard InChI is InChI=1S/C20H15N3O3S/c21-10-15-18(16-4-2-8-26-16)14-6-5-12(9-13-3-1-7-25-13)19(14)23-20(15)27-11-17(22)24/h1-4,7-9H,5-6,11H2,(H2,22,24). The average molecular weight is 377 g/mol. The van der Waals surface area contributed by atoms with Gasteiger partial charge >= 0.3 is 0 Å². The Kier molecular flexibility index (Phi) is 4.57. The van der Waals surface area contributed by atoms with Crippen molar-refractivity contribution < 1.29 is 13.6 Å². The number of primary amides is 1. The van der Waals surface area contributed by atoms with Crippen LogP contribution in [-0.4, -0.2) is 16.6 Å². The number of furan rings is 2. The molecule has 0 aromatic carbocycles. The van der Waals surface area contributed by atoms with Crippen molar-refractivity contribution in [3.05, 3.63) is 59.4 Å². The van der Waals surface area contributed by atoms with Crippen LogP contribution in [0.3, 0.4) is 0 Å². The van der Waals surface area contributed by atoms with Gasteiger partial charge in [-0.15, -0.1) is 0 Å². The van der Waals surface area contributed by atoms with Crippen molar-refractivity contribution in [3.8, 4) is 17.4 Å². The van der Waals surface area contributed by atoms with Gasteiger partial charge < -0.3 is 14.6 Å². The topological polar surface area (TPSA) is 106 Å². The maximum atomic E-state index is 11.2. The summed E-state index contributed by atoms with van der Waals surface area (Å²) < 4.78 is 11.0. The van der Waals surface area contributed by atoms with Crippen molar-refractivity contribution in [1.82, 2.24) is 4.98 Å². The molecule has 4 rings (SSSR count). The molecular formula is C20H15N3O3S. The molecule has 0 aliphatic heterocycles. The molecule has 0 spiro atoms. The van der Waals surface area contributed by atoms with Crippen LogP contribution in [0.15, 0.2) is 50.7 Å². The molecular weight excluding hydrogens is 362 g/mol. The van der Waals surface area contributed by atoms with Gasteiger partial charge in [0.2, 0.25) is 5.91 Å². The van der Waals surface area contributed by atoms with Crippen molar-refractivity contribution >= 4 is 29.3 Å². The number of hydrogen-bond donors (Lipinski definition) is 1. The lowest BCUT2D eigenvalue weighted by atomic mass is 10.00. The first-order chi connectivity index (χ1) is 13.2. The second-order valence-electron chi connectivity index (χ2n) is 6.02. The van der Waals surface area contributed by atoms with E-state index < -0.39 is 5.91 Å². The maximum absolute atomic E-state index is 11.2. The Morgan fingerprint density at radius 1 is 1.30 bits per heavy atom. The molecule has 0 fully saturated rings. The minimum absolute atomic E-state index is 0.0509. The molecule has 27 heavy (non-hydrogen) atoms. The van der Waals surface area contributed by atoms with Crippen LogP contribution < -0.4 is 5.73 Å². The largest absolute Gasteiger partial charge is 0.465 e. The van der Waals surface area contributed by atoms with Gasteiger partial charge in [0.1, 0.15) is 22.6 Å². The molecule has 1 aliphatic carbocycles. The van der Waals surface area contributed by atoms with Crippen LogP contribution >= 0.6 is 11.8 Å². The third kappa shape index (κ3) is 3.27. The number of hydrogen-bond acceptors (Lipinski definition) is 6. The highest BCUT2D eigenvalue weighted by molar-refractivity contribution is 8.00. The molecule has 2 N–H and O–H groups in total. The molecule has 0 saturated heterocycles. The van der Waals surface area contributed by atoms with Gasteiger partial charge in [-0.25, -0.2) is 4.98 Å². The van der Waals surface area contributed by atoms with E-state index in [2.05, 4.69) is 6.07 Å². The van der Waals surface area contributed by atoms with Gasteiger partial charge in [-0.3, -0.25) is 4.79 Å². The summed E-state index contributed by atoms with van der Waals surface area (Å²) >= 11 is 1.17. The summed E-state index contributed by atoms with van der Waals surface area (Å²) in [5, 5.41) is 10.3. The van der Waals surface area contributed by atoms with E-state index in [-0.39, 0.29) is 5.75 Å². The summed E-state index contributed by atoms with van der Waals surface area (Å²) in [4.78, 5) is 16.0. The van der Waals surface area contributed by atoms with Crippen LogP contribution in [-0.2, 0) is 11.2 Å². The molecule has 1 amide bonds. The third-order valence-corrected chi connectivity index (χ3v) is 5.30. The average Bonchev–Trinajstić information content (AvgIpc) is 3.41. The van der Waals surface area contributed by atoms with Crippen molar-refractivity contribution in [1.29, 1.82) is 5.26 Å². The normalized spacial score (nSPS) is 14.3. The van der Waals surface area contributed by atoms with Crippen LogP contribution in [0.5, 0.6) is 0 Å². The van der Waals surface area contributed by atoms with Gasteiger partial charge in [-0.1, -0.05) is 11.8 Å². The minimum atomic E-state index is -0.461. The number of nitriles is 1. The molecule has 134 valence electrons. The Morgan fingerprint density at radius 2 is 2.11 bits per heavy atom. The SMILES string of the molecule is N#Cc1c(SCC(N)=O)nc2c(c1-c1ccco1)CCC2=Cc1ccco1. The van der Waals surface area contributed by atoms with Gasteiger partial charge in [0.05, 0.1) is 29.5 Å². The first kappa shape index (κ1) is 17.2. The minimum Gasteiger partial charge on any atom is -0.465 e. The molecule has 3 aromatic rings. The number of nitrogens with two attached hydrogens (primary N) is 1. The van der Waals surface area contributed by atoms with Gasteiger partial charge in [0.15, 0.2) is 0 Å². The third-order valence-electron chi connectivity index (χ3n) is 4.30. The number of thioether (sulfide) groups is 1. The smallest absolute Gasteiger partial charge is 0.227 e. The van der Waals surface area contributed by atoms with E-state index in [9.17, 15) is 10.1 Å². The number of nitrogens with zero attached hydrogens (tertiary/aromatic N) is 2. The summed E-state index contributed by atoms with van der Waals surface area (Å²) in [6.45, 7) is 0. The summed E-state index contributed by atoms with van der Waals surface area (Å²) in [5.74, 6) is 0.951. The van der Waals surface area contributed by atoms with Crippen LogP contribution in [0.25, 0.3) is 23.0 Å². The zero-order valence-corrected chi connectivity index (χ0v) is 15.1. The lowest BCUT2D eigenvalue weighted by molar-refractivity contribution is -0.115. The predicted molar refractivity (Wildman–Crippen MR) is 101 cm³/mol. The van der Waals surface area contributed by atoms with Crippen LogP contribution in [0.1, 0.15) is 29.0 Å². The second kappa shape index (κ2) is 7.17. The van der Waals surface area contributed by atoms with Gasteiger partial charge in [0, 0.05) is 5.56 Å². The van der Waals surface area contributed by atoms with E-state index in [1.165, 1.54) is 11.8 Å². The number of fused-ring (bicyclic) bond motifs is 1. The van der Waals surface area contributed by atoms with E-state index in [1.807, 2.05) is 24.3 Å². The van der Waals surface area contributed by atoms with E-state index in [4.69, 9.17) is 19.6 Å². The number of amides is 1. The molecule has 7 heteroatoms. The number of allylic oxidation sites excluding steroid dienone is 1. The number of rotatable bonds is 5. The molecule has 0 unspecified atom stereocenters. The Morgan fingerprint density at radius 3 is 2.78 bits per heavy atom. The molecule has 6 nitrogen and oxygen atoms in total. The highest BCUT2D eigenvalue weighted by atomic mass is 32.2. The Labute approximate surface area is 159 Å². The van der Waals surface area contributed by atoms with E-state index >= 15 is 0 Å². The summed E-state index contributed by atoms with van der Waals surface area (Å²) in [6, 6.07) is 9.56. The lowest BCUT2D eigenvalue weighted by Gasteiger charge is -2.12. The van der Waals surface area contributed by atoms with E-state index in [0.29, 0.717) is 16.3 Å². The number of aromatic nitrogens is 1. The summed E-state index contributed by atoms with van der Waals surface area (Å²) in [6.07, 6.45) is 6.69. The number of pyridine rings is 1. The molecule has 3 heterocycles. The molecule has 1 aliphatic rings. The monoisotopic (exact) mass is 377 g/mol. The van der Waals surface area contributed by atoms with Crippen molar-refractivity contribution in [3.63, 3.8) is 0 Å². The van der Waals surface area contributed by atoms with E-state index in [1.54, 1.807) is 18.6 Å². The summed E-state index contributed by atoms with van der Waals surface area (Å²) in [5.41, 5.74) is 9.24. The Hall–Kier alpha value is -3.24. The first-order valence-electron chi connectivity index (χ1n) is 8.33. The highest BCUT2D eigenvalue weighted by Crippen LogP contribution is 2.43. The Balaban J connectivity index is 1.91. The predicted octanol–water partition coefficient (Wildman–Crippen LogP) is 3.87. The van der Waals surface area contributed by atoms with Crippen molar-refractivity contribution in [2.24, 2.45) is 5.73 Å². The molecule has 0 atom stereocenters. The quantitative estimate of drug-likeness (QED) is 0.677. The van der Waals surface area contributed by atoms with Crippen molar-refractivity contribution in [2.75, 3.05) is 5.75 Å². The van der Waals surface area contributed by atoms with Gasteiger partial charge in [0.25, 0.3) is 0 Å². The summed E-state index contributed by atoms with van der Waals surface area (Å²) in [7, 11) is 0. The second-order valence-corrected chi connectivity index (χ2v) is 6.99. The maximum Gasteiger partial charge on any atom is 0.227 e. The zero-order chi connectivity index (χ0) is 18.8. The lowest BCUT2D eigenvalue weighted by Crippen LogP contribution is -2.13. The van der Waals surface area contributed by atoms with Gasteiger partial charge in [-0.2, -0.15) is 5.26 Å². The van der Waals surface area contributed by atoms with Gasteiger partial charge in [-0.05, 0) is 54.3 Å². The fourth-order valence-corrected chi connectivity index (χ4v) is 3.94. The zero-order valence-electron chi connectivity index (χ0n) is 14.3. The van der Waals surface area contributed by atoms with Crippen LogP contribution in [0.4, 0.5) is 0 Å². The molecule has 0 bridgehead atoms. The molecule has 0 saturated carbocycles. The molecule has 0 radical (unpaired) electrons. The highest BCUT2D eigenvalue weighted by Gasteiger charge is 2.28. The number of carbonyl (C=O) groups excluding carboxylic acids is 1. The van der Waals surface area contributed by atoms with Crippen molar-refractivity contribution in [2.45, 2.75) is 17.9 Å². The fourth-order valence-electron chi connectivity index (χ4n) is 3.21. The molecule has 3 aromatic heterocycles. The fraction of sp³-hybridized carbons (Fsp3) is 0.150. The van der Waals surface area contributed by atoms with Crippen LogP contribution in [0, 0.1) is 11.3 Å².